The van der Waals surface area contributed by atoms with E-state index >= 15 is 0 Å². The van der Waals surface area contributed by atoms with E-state index in [4.69, 9.17) is 16.3 Å². The zero-order valence-electron chi connectivity index (χ0n) is 15.7. The molecule has 0 atom stereocenters. The molecule has 0 radical (unpaired) electrons. The molecule has 1 aliphatic carbocycles. The first-order valence-electron chi connectivity index (χ1n) is 8.98. The minimum absolute atomic E-state index is 0.0213. The Balaban J connectivity index is 1.98. The Labute approximate surface area is 160 Å². The fourth-order valence-electron chi connectivity index (χ4n) is 3.05. The van der Waals surface area contributed by atoms with Crippen LogP contribution in [0, 0.1) is 6.92 Å². The molecule has 0 unspecified atom stereocenters. The van der Waals surface area contributed by atoms with Gasteiger partial charge >= 0.3 is 0 Å². The van der Waals surface area contributed by atoms with Gasteiger partial charge in [-0.15, -0.1) is 0 Å². The highest BCUT2D eigenvalue weighted by atomic mass is 35.5. The van der Waals surface area contributed by atoms with E-state index in [-0.39, 0.29) is 18.4 Å². The van der Waals surface area contributed by atoms with Crippen LogP contribution in [-0.2, 0) is 9.59 Å². The largest absolute Gasteiger partial charge is 0.495 e. The Morgan fingerprint density at radius 3 is 2.69 bits per heavy atom. The molecule has 0 spiro atoms. The van der Waals surface area contributed by atoms with Gasteiger partial charge in [-0.2, -0.15) is 0 Å². The average Bonchev–Trinajstić information content (AvgIpc) is 2.62. The molecular formula is C20H27ClN2O3. The summed E-state index contributed by atoms with van der Waals surface area (Å²) >= 11 is 6.09. The molecule has 2 amide bonds. The van der Waals surface area contributed by atoms with Crippen LogP contribution in [0.25, 0.3) is 0 Å². The molecule has 0 bridgehead atoms. The maximum Gasteiger partial charge on any atom is 0.244 e. The molecule has 26 heavy (non-hydrogen) atoms. The van der Waals surface area contributed by atoms with Crippen LogP contribution >= 0.6 is 11.6 Å². The smallest absolute Gasteiger partial charge is 0.244 e. The summed E-state index contributed by atoms with van der Waals surface area (Å²) in [5, 5.41) is 3.40. The van der Waals surface area contributed by atoms with E-state index in [1.807, 2.05) is 6.92 Å². The quantitative estimate of drug-likeness (QED) is 0.718. The van der Waals surface area contributed by atoms with Crippen LogP contribution in [0.15, 0.2) is 23.8 Å². The lowest BCUT2D eigenvalue weighted by molar-refractivity contribution is -0.132. The van der Waals surface area contributed by atoms with Crippen molar-refractivity contribution in [3.8, 4) is 5.75 Å². The zero-order chi connectivity index (χ0) is 19.1. The van der Waals surface area contributed by atoms with Gasteiger partial charge in [-0.05, 0) is 50.7 Å². The van der Waals surface area contributed by atoms with Gasteiger partial charge in [-0.25, -0.2) is 0 Å². The normalized spacial score (nSPS) is 13.8. The third-order valence-electron chi connectivity index (χ3n) is 4.62. The van der Waals surface area contributed by atoms with Crippen molar-refractivity contribution in [3.05, 3.63) is 34.4 Å². The molecule has 6 heteroatoms. The van der Waals surface area contributed by atoms with E-state index in [0.717, 1.165) is 24.8 Å². The Morgan fingerprint density at radius 2 is 2.08 bits per heavy atom. The number of hydrogen-bond acceptors (Lipinski definition) is 3. The molecule has 2 rings (SSSR count). The second-order valence-electron chi connectivity index (χ2n) is 6.65. The summed E-state index contributed by atoms with van der Waals surface area (Å²) in [6.07, 6.45) is 7.76. The lowest BCUT2D eigenvalue weighted by Gasteiger charge is -2.22. The first kappa shape index (κ1) is 20.3. The first-order valence-corrected chi connectivity index (χ1v) is 9.36. The Hall–Kier alpha value is -2.01. The highest BCUT2D eigenvalue weighted by Crippen LogP contribution is 2.31. The fraction of sp³-hybridized carbons (Fsp3) is 0.500. The predicted octanol–water partition coefficient (Wildman–Crippen LogP) is 4.33. The molecule has 0 saturated heterocycles. The van der Waals surface area contributed by atoms with Crippen LogP contribution in [0.3, 0.4) is 0 Å². The number of aryl methyl sites for hydroxylation is 1. The maximum atomic E-state index is 12.4. The molecule has 1 aliphatic rings. The molecular weight excluding hydrogens is 352 g/mol. The second kappa shape index (κ2) is 9.62. The molecule has 1 N–H and O–H groups in total. The monoisotopic (exact) mass is 378 g/mol. The number of nitrogens with one attached hydrogen (secondary N) is 1. The number of amides is 2. The Bertz CT molecular complexity index is 701. The predicted molar refractivity (Wildman–Crippen MR) is 105 cm³/mol. The van der Waals surface area contributed by atoms with Gasteiger partial charge < -0.3 is 15.0 Å². The summed E-state index contributed by atoms with van der Waals surface area (Å²) in [4.78, 5) is 25.9. The van der Waals surface area contributed by atoms with Crippen molar-refractivity contribution < 1.29 is 14.3 Å². The number of carbonyl (C=O) groups is 2. The van der Waals surface area contributed by atoms with Crippen molar-refractivity contribution in [2.45, 2.75) is 46.0 Å². The van der Waals surface area contributed by atoms with E-state index < -0.39 is 0 Å². The molecule has 1 aromatic carbocycles. The summed E-state index contributed by atoms with van der Waals surface area (Å²) < 4.78 is 5.27. The highest BCUT2D eigenvalue weighted by molar-refractivity contribution is 6.31. The van der Waals surface area contributed by atoms with Gasteiger partial charge in [0.05, 0.1) is 19.3 Å². The van der Waals surface area contributed by atoms with Gasteiger partial charge in [0.2, 0.25) is 11.8 Å². The van der Waals surface area contributed by atoms with Crippen LogP contribution in [0.4, 0.5) is 5.69 Å². The number of allylic oxidation sites excluding steroid dienone is 1. The number of carbonyl (C=O) groups excluding carboxylic acids is 2. The zero-order valence-corrected chi connectivity index (χ0v) is 16.5. The lowest BCUT2D eigenvalue weighted by atomic mass is 9.97. The fourth-order valence-corrected chi connectivity index (χ4v) is 3.20. The third kappa shape index (κ3) is 5.77. The Kier molecular flexibility index (Phi) is 7.51. The summed E-state index contributed by atoms with van der Waals surface area (Å²) in [7, 11) is 1.52. The highest BCUT2D eigenvalue weighted by Gasteiger charge is 2.17. The van der Waals surface area contributed by atoms with Gasteiger partial charge in [0.1, 0.15) is 5.75 Å². The molecule has 0 fully saturated rings. The number of nitrogens with zero attached hydrogens (tertiary/aromatic N) is 1. The van der Waals surface area contributed by atoms with Crippen molar-refractivity contribution in [1.82, 2.24) is 4.90 Å². The molecule has 0 aromatic heterocycles. The topological polar surface area (TPSA) is 58.6 Å². The van der Waals surface area contributed by atoms with Gasteiger partial charge in [-0.3, -0.25) is 9.59 Å². The van der Waals surface area contributed by atoms with Crippen molar-refractivity contribution >= 4 is 29.1 Å². The Morgan fingerprint density at radius 1 is 1.31 bits per heavy atom. The van der Waals surface area contributed by atoms with Crippen molar-refractivity contribution in [2.75, 3.05) is 25.5 Å². The summed E-state index contributed by atoms with van der Waals surface area (Å²) in [5.74, 6) is 0.143. The molecule has 1 aromatic rings. The van der Waals surface area contributed by atoms with Crippen molar-refractivity contribution in [1.29, 1.82) is 0 Å². The number of ether oxygens (including phenoxy) is 1. The van der Waals surface area contributed by atoms with Gasteiger partial charge in [0, 0.05) is 24.6 Å². The van der Waals surface area contributed by atoms with Crippen LogP contribution in [0.5, 0.6) is 5.75 Å². The summed E-state index contributed by atoms with van der Waals surface area (Å²) in [6, 6.07) is 3.44. The molecule has 0 saturated carbocycles. The minimum atomic E-state index is -0.252. The van der Waals surface area contributed by atoms with E-state index in [0.29, 0.717) is 23.0 Å². The van der Waals surface area contributed by atoms with E-state index in [2.05, 4.69) is 11.4 Å². The van der Waals surface area contributed by atoms with E-state index in [1.54, 1.807) is 17.0 Å². The van der Waals surface area contributed by atoms with Crippen molar-refractivity contribution in [3.63, 3.8) is 0 Å². The van der Waals surface area contributed by atoms with E-state index in [9.17, 15) is 9.59 Å². The SMILES string of the molecule is COc1cc(Cl)c(C)cc1NC(=O)CN(CCC1=CCCCC1)C(C)=O. The second-order valence-corrected chi connectivity index (χ2v) is 7.06. The number of benzene rings is 1. The van der Waals surface area contributed by atoms with Crippen LogP contribution in [0.2, 0.25) is 5.02 Å². The lowest BCUT2D eigenvalue weighted by Crippen LogP contribution is -2.37. The third-order valence-corrected chi connectivity index (χ3v) is 5.03. The molecule has 5 nitrogen and oxygen atoms in total. The average molecular weight is 379 g/mol. The number of methoxy groups -OCH3 is 1. The van der Waals surface area contributed by atoms with Crippen LogP contribution in [0.1, 0.15) is 44.6 Å². The standard InChI is InChI=1S/C20H27ClN2O3/c1-14-11-18(19(26-3)12-17(14)21)22-20(25)13-23(15(2)24)10-9-16-7-5-4-6-8-16/h7,11-12H,4-6,8-10,13H2,1-3H3,(H,22,25). The van der Waals surface area contributed by atoms with Gasteiger partial charge in [-0.1, -0.05) is 23.3 Å². The number of halogens is 1. The van der Waals surface area contributed by atoms with Gasteiger partial charge in [0.25, 0.3) is 0 Å². The van der Waals surface area contributed by atoms with E-state index in [1.165, 1.54) is 32.4 Å². The number of rotatable bonds is 7. The molecule has 142 valence electrons. The minimum Gasteiger partial charge on any atom is -0.495 e. The summed E-state index contributed by atoms with van der Waals surface area (Å²) in [5.41, 5.74) is 2.78. The maximum absolute atomic E-state index is 12.4. The summed E-state index contributed by atoms with van der Waals surface area (Å²) in [6.45, 7) is 3.94. The first-order chi connectivity index (χ1) is 12.4. The molecule has 0 aliphatic heterocycles. The number of hydrogen-bond donors (Lipinski definition) is 1. The van der Waals surface area contributed by atoms with Crippen LogP contribution in [-0.4, -0.2) is 36.9 Å². The molecule has 0 heterocycles. The van der Waals surface area contributed by atoms with Crippen LogP contribution < -0.4 is 10.1 Å². The number of anilines is 1. The van der Waals surface area contributed by atoms with Gasteiger partial charge in [0.15, 0.2) is 0 Å². The van der Waals surface area contributed by atoms with Crippen molar-refractivity contribution in [2.24, 2.45) is 0 Å².